The average Bonchev–Trinajstić information content (AvgIpc) is 3.19. The van der Waals surface area contributed by atoms with Gasteiger partial charge < -0.3 is 5.11 Å². The monoisotopic (exact) mass is 353 g/mol. The number of carboxylic acid groups (broad SMARTS) is 1. The SMILES string of the molecule is O=C(O)c1cn(Cc2ccccc2F)nc1S(=O)(=O)N1CCCC1. The third-order valence-corrected chi connectivity index (χ3v) is 5.73. The first-order valence-electron chi connectivity index (χ1n) is 7.44. The van der Waals surface area contributed by atoms with E-state index in [2.05, 4.69) is 5.10 Å². The molecule has 1 saturated heterocycles. The number of sulfonamides is 1. The number of halogens is 1. The summed E-state index contributed by atoms with van der Waals surface area (Å²) < 4.78 is 41.3. The molecule has 0 saturated carbocycles. The van der Waals surface area contributed by atoms with Gasteiger partial charge in [-0.25, -0.2) is 17.6 Å². The number of rotatable bonds is 5. The Kier molecular flexibility index (Phi) is 4.37. The first-order chi connectivity index (χ1) is 11.4. The van der Waals surface area contributed by atoms with Crippen molar-refractivity contribution in [1.82, 2.24) is 14.1 Å². The van der Waals surface area contributed by atoms with E-state index in [0.717, 1.165) is 23.7 Å². The van der Waals surface area contributed by atoms with Gasteiger partial charge in [-0.2, -0.15) is 9.40 Å². The van der Waals surface area contributed by atoms with Crippen LogP contribution >= 0.6 is 0 Å². The lowest BCUT2D eigenvalue weighted by Crippen LogP contribution is -2.29. The third kappa shape index (κ3) is 3.04. The zero-order valence-corrected chi connectivity index (χ0v) is 13.5. The highest BCUT2D eigenvalue weighted by Crippen LogP contribution is 2.23. The van der Waals surface area contributed by atoms with Crippen molar-refractivity contribution in [3.05, 3.63) is 47.4 Å². The molecule has 0 unspecified atom stereocenters. The number of hydrogen-bond acceptors (Lipinski definition) is 4. The van der Waals surface area contributed by atoms with E-state index in [0.29, 0.717) is 18.7 Å². The zero-order chi connectivity index (χ0) is 17.3. The van der Waals surface area contributed by atoms with Gasteiger partial charge in [-0.15, -0.1) is 0 Å². The Morgan fingerprint density at radius 1 is 1.25 bits per heavy atom. The number of aromatic nitrogens is 2. The minimum absolute atomic E-state index is 0.0531. The van der Waals surface area contributed by atoms with Crippen molar-refractivity contribution >= 4 is 16.0 Å². The van der Waals surface area contributed by atoms with Crippen LogP contribution in [-0.4, -0.2) is 46.7 Å². The van der Waals surface area contributed by atoms with Crippen LogP contribution in [0.2, 0.25) is 0 Å². The molecule has 1 aliphatic rings. The zero-order valence-electron chi connectivity index (χ0n) is 12.7. The second kappa shape index (κ2) is 6.33. The molecule has 3 rings (SSSR count). The van der Waals surface area contributed by atoms with E-state index in [1.807, 2.05) is 0 Å². The highest BCUT2D eigenvalue weighted by atomic mass is 32.2. The lowest BCUT2D eigenvalue weighted by atomic mass is 10.2. The van der Waals surface area contributed by atoms with Crippen molar-refractivity contribution in [2.24, 2.45) is 0 Å². The molecule has 0 atom stereocenters. The first-order valence-corrected chi connectivity index (χ1v) is 8.88. The maximum atomic E-state index is 13.7. The summed E-state index contributed by atoms with van der Waals surface area (Å²) >= 11 is 0. The number of aromatic carboxylic acids is 1. The molecule has 1 aromatic heterocycles. The van der Waals surface area contributed by atoms with Crippen molar-refractivity contribution in [2.45, 2.75) is 24.4 Å². The molecule has 1 aliphatic heterocycles. The van der Waals surface area contributed by atoms with Crippen molar-refractivity contribution in [3.8, 4) is 0 Å². The van der Waals surface area contributed by atoms with Gasteiger partial charge >= 0.3 is 5.97 Å². The van der Waals surface area contributed by atoms with Gasteiger partial charge in [0.05, 0.1) is 6.54 Å². The number of hydrogen-bond donors (Lipinski definition) is 1. The maximum Gasteiger partial charge on any atom is 0.340 e. The summed E-state index contributed by atoms with van der Waals surface area (Å²) in [5.41, 5.74) is -0.111. The highest BCUT2D eigenvalue weighted by Gasteiger charge is 2.34. The molecule has 2 heterocycles. The minimum Gasteiger partial charge on any atom is -0.478 e. The first kappa shape index (κ1) is 16.6. The molecule has 1 N–H and O–H groups in total. The normalized spacial score (nSPS) is 15.7. The molecule has 1 aromatic carbocycles. The largest absolute Gasteiger partial charge is 0.478 e. The summed E-state index contributed by atoms with van der Waals surface area (Å²) in [5.74, 6) is -1.85. The predicted octanol–water partition coefficient (Wildman–Crippen LogP) is 1.55. The second-order valence-electron chi connectivity index (χ2n) is 5.55. The summed E-state index contributed by atoms with van der Waals surface area (Å²) in [6.45, 7) is 0.644. The smallest absolute Gasteiger partial charge is 0.340 e. The quantitative estimate of drug-likeness (QED) is 0.880. The Hall–Kier alpha value is -2.26. The second-order valence-corrected chi connectivity index (χ2v) is 7.41. The lowest BCUT2D eigenvalue weighted by molar-refractivity contribution is 0.0692. The van der Waals surface area contributed by atoms with Crippen molar-refractivity contribution in [3.63, 3.8) is 0 Å². The van der Waals surface area contributed by atoms with Gasteiger partial charge in [-0.1, -0.05) is 18.2 Å². The molecule has 0 spiro atoms. The molecule has 0 aliphatic carbocycles. The third-order valence-electron chi connectivity index (χ3n) is 3.90. The van der Waals surface area contributed by atoms with E-state index in [4.69, 9.17) is 0 Å². The van der Waals surface area contributed by atoms with Crippen LogP contribution in [-0.2, 0) is 16.6 Å². The number of nitrogens with zero attached hydrogens (tertiary/aromatic N) is 3. The van der Waals surface area contributed by atoms with Crippen LogP contribution in [0.3, 0.4) is 0 Å². The number of carboxylic acids is 1. The maximum absolute atomic E-state index is 13.7. The van der Waals surface area contributed by atoms with Crippen LogP contribution in [0.1, 0.15) is 28.8 Å². The summed E-state index contributed by atoms with van der Waals surface area (Å²) in [4.78, 5) is 11.4. The molecular weight excluding hydrogens is 337 g/mol. The minimum atomic E-state index is -3.97. The van der Waals surface area contributed by atoms with Gasteiger partial charge in [0.25, 0.3) is 10.0 Å². The predicted molar refractivity (Wildman–Crippen MR) is 82.7 cm³/mol. The van der Waals surface area contributed by atoms with E-state index in [1.54, 1.807) is 6.07 Å². The van der Waals surface area contributed by atoms with Crippen LogP contribution in [0, 0.1) is 5.82 Å². The van der Waals surface area contributed by atoms with Crippen molar-refractivity contribution in [1.29, 1.82) is 0 Å². The van der Waals surface area contributed by atoms with Gasteiger partial charge in [0.2, 0.25) is 5.03 Å². The molecule has 0 bridgehead atoms. The highest BCUT2D eigenvalue weighted by molar-refractivity contribution is 7.89. The molecule has 1 fully saturated rings. The van der Waals surface area contributed by atoms with E-state index >= 15 is 0 Å². The van der Waals surface area contributed by atoms with Crippen LogP contribution in [0.25, 0.3) is 0 Å². The van der Waals surface area contributed by atoms with Crippen LogP contribution in [0.15, 0.2) is 35.5 Å². The van der Waals surface area contributed by atoms with Crippen molar-refractivity contribution < 1.29 is 22.7 Å². The average molecular weight is 353 g/mol. The fraction of sp³-hybridized carbons (Fsp3) is 0.333. The Morgan fingerprint density at radius 3 is 2.54 bits per heavy atom. The molecule has 9 heteroatoms. The molecule has 24 heavy (non-hydrogen) atoms. The van der Waals surface area contributed by atoms with Gasteiger partial charge in [-0.3, -0.25) is 4.68 Å². The summed E-state index contributed by atoms with van der Waals surface area (Å²) in [5, 5.41) is 12.7. The number of carbonyl (C=O) groups is 1. The van der Waals surface area contributed by atoms with Gasteiger partial charge in [0, 0.05) is 24.8 Å². The molecule has 2 aromatic rings. The standard InChI is InChI=1S/C15H16FN3O4S/c16-13-6-2-1-5-11(13)9-18-10-12(15(20)21)14(17-18)24(22,23)19-7-3-4-8-19/h1-2,5-6,10H,3-4,7-9H2,(H,20,21). The summed E-state index contributed by atoms with van der Waals surface area (Å²) in [6.07, 6.45) is 2.59. The Labute approximate surface area is 138 Å². The Morgan fingerprint density at radius 2 is 1.92 bits per heavy atom. The lowest BCUT2D eigenvalue weighted by Gasteiger charge is -2.13. The van der Waals surface area contributed by atoms with Crippen molar-refractivity contribution in [2.75, 3.05) is 13.1 Å². The van der Waals surface area contributed by atoms with Crippen LogP contribution in [0.4, 0.5) is 4.39 Å². The van der Waals surface area contributed by atoms with Gasteiger partial charge in [0.15, 0.2) is 0 Å². The van der Waals surface area contributed by atoms with Crippen LogP contribution in [0.5, 0.6) is 0 Å². The van der Waals surface area contributed by atoms with E-state index < -0.39 is 32.4 Å². The van der Waals surface area contributed by atoms with E-state index in [9.17, 15) is 22.7 Å². The van der Waals surface area contributed by atoms with Crippen LogP contribution < -0.4 is 0 Å². The fourth-order valence-electron chi connectivity index (χ4n) is 2.67. The fourth-order valence-corrected chi connectivity index (χ4v) is 4.28. The molecular formula is C15H16FN3O4S. The molecule has 0 amide bonds. The Bertz CT molecular complexity index is 873. The summed E-state index contributed by atoms with van der Waals surface area (Å²) in [6, 6.07) is 5.99. The topological polar surface area (TPSA) is 92.5 Å². The van der Waals surface area contributed by atoms with Gasteiger partial charge in [-0.05, 0) is 18.9 Å². The molecule has 0 radical (unpaired) electrons. The molecule has 7 nitrogen and oxygen atoms in total. The molecule has 128 valence electrons. The summed E-state index contributed by atoms with van der Waals surface area (Å²) in [7, 11) is -3.97. The number of benzene rings is 1. The van der Waals surface area contributed by atoms with Gasteiger partial charge in [0.1, 0.15) is 11.4 Å². The van der Waals surface area contributed by atoms with E-state index in [-0.39, 0.29) is 6.54 Å². The Balaban J connectivity index is 1.99. The van der Waals surface area contributed by atoms with E-state index in [1.165, 1.54) is 22.5 Å².